The second-order valence-corrected chi connectivity index (χ2v) is 11.3. The topological polar surface area (TPSA) is 24.9 Å². The van der Waals surface area contributed by atoms with E-state index in [9.17, 15) is 0 Å². The van der Waals surface area contributed by atoms with Gasteiger partial charge in [-0.3, -0.25) is 4.98 Å². The number of pyridine rings is 1. The van der Waals surface area contributed by atoms with Gasteiger partial charge in [0.15, 0.2) is 0 Å². The van der Waals surface area contributed by atoms with Crippen LogP contribution in [0.25, 0.3) is 43.6 Å². The van der Waals surface area contributed by atoms with E-state index in [-0.39, 0.29) is 6.04 Å². The Kier molecular flexibility index (Phi) is 7.45. The highest BCUT2D eigenvalue weighted by molar-refractivity contribution is 6.03. The number of nitrogens with one attached hydrogen (secondary N) is 1. The van der Waals surface area contributed by atoms with Crippen molar-refractivity contribution in [2.24, 2.45) is 0 Å². The van der Waals surface area contributed by atoms with Crippen molar-refractivity contribution in [3.05, 3.63) is 161 Å². The van der Waals surface area contributed by atoms with Gasteiger partial charge < -0.3 is 5.32 Å². The fraction of sp³-hybridized carbons (Fsp3) is 0.146. The Morgan fingerprint density at radius 1 is 0.558 bits per heavy atom. The minimum Gasteiger partial charge on any atom is -0.301 e. The van der Waals surface area contributed by atoms with Crippen molar-refractivity contribution >= 4 is 32.3 Å². The summed E-state index contributed by atoms with van der Waals surface area (Å²) in [5, 5.41) is 11.5. The number of fused-ring (bicyclic) bond motifs is 3. The lowest BCUT2D eigenvalue weighted by molar-refractivity contribution is 0.593. The van der Waals surface area contributed by atoms with Crippen LogP contribution in [0.5, 0.6) is 0 Å². The first-order valence-corrected chi connectivity index (χ1v) is 15.4. The Balaban J connectivity index is 1.44. The molecule has 43 heavy (non-hydrogen) atoms. The van der Waals surface area contributed by atoms with E-state index < -0.39 is 0 Å². The highest BCUT2D eigenvalue weighted by atomic mass is 14.9. The summed E-state index contributed by atoms with van der Waals surface area (Å²) in [5.74, 6) is 0. The molecule has 7 aromatic rings. The minimum atomic E-state index is -0.111. The lowest BCUT2D eigenvalue weighted by Gasteiger charge is -2.25. The lowest BCUT2D eigenvalue weighted by Crippen LogP contribution is -2.25. The molecule has 0 bridgehead atoms. The van der Waals surface area contributed by atoms with E-state index in [4.69, 9.17) is 4.98 Å². The summed E-state index contributed by atoms with van der Waals surface area (Å²) in [6.45, 7) is 5.28. The standard InChI is InChI=1S/C41H36N2/c1-3-28-17-11-18-29(4-2)37(28)27-42-41(40-34-21-9-6-15-31(34)26-32-16-7-10-22-35(32)40)39-25-13-24-38(43-39)36-23-12-19-30-14-5-8-20-33(30)36/h5-26,41-42H,3-4,27H2,1-2H3. The Labute approximate surface area is 254 Å². The predicted molar refractivity (Wildman–Crippen MR) is 183 cm³/mol. The maximum Gasteiger partial charge on any atom is 0.0766 e. The number of aryl methyl sites for hydroxylation is 2. The minimum absolute atomic E-state index is 0.111. The van der Waals surface area contributed by atoms with Gasteiger partial charge in [-0.25, -0.2) is 0 Å². The van der Waals surface area contributed by atoms with Gasteiger partial charge in [0.05, 0.1) is 17.4 Å². The number of nitrogens with zero attached hydrogens (tertiary/aromatic N) is 1. The summed E-state index contributed by atoms with van der Waals surface area (Å²) < 4.78 is 0. The van der Waals surface area contributed by atoms with Crippen molar-refractivity contribution in [3.63, 3.8) is 0 Å². The van der Waals surface area contributed by atoms with E-state index in [1.54, 1.807) is 0 Å². The number of benzene rings is 6. The number of rotatable bonds is 8. The third-order valence-corrected chi connectivity index (χ3v) is 8.85. The van der Waals surface area contributed by atoms with Crippen LogP contribution in [0.15, 0.2) is 133 Å². The van der Waals surface area contributed by atoms with Gasteiger partial charge in [-0.2, -0.15) is 0 Å². The van der Waals surface area contributed by atoms with Crippen LogP contribution in [-0.2, 0) is 19.4 Å². The van der Waals surface area contributed by atoms with E-state index in [0.29, 0.717) is 0 Å². The third-order valence-electron chi connectivity index (χ3n) is 8.85. The molecule has 2 nitrogen and oxygen atoms in total. The summed E-state index contributed by atoms with van der Waals surface area (Å²) in [6, 6.07) is 48.1. The molecule has 2 heteroatoms. The van der Waals surface area contributed by atoms with Gasteiger partial charge >= 0.3 is 0 Å². The van der Waals surface area contributed by atoms with E-state index in [1.807, 2.05) is 0 Å². The zero-order valence-electron chi connectivity index (χ0n) is 24.8. The first kappa shape index (κ1) is 27.1. The molecule has 1 N–H and O–H groups in total. The van der Waals surface area contributed by atoms with Crippen LogP contribution in [0.2, 0.25) is 0 Å². The van der Waals surface area contributed by atoms with Crippen LogP contribution >= 0.6 is 0 Å². The zero-order chi connectivity index (χ0) is 29.2. The molecule has 7 rings (SSSR count). The average molecular weight is 557 g/mol. The largest absolute Gasteiger partial charge is 0.301 e. The maximum atomic E-state index is 5.42. The summed E-state index contributed by atoms with van der Waals surface area (Å²) in [4.78, 5) is 5.42. The second-order valence-electron chi connectivity index (χ2n) is 11.3. The van der Waals surface area contributed by atoms with Gasteiger partial charge in [-0.05, 0) is 85.6 Å². The van der Waals surface area contributed by atoms with Crippen LogP contribution in [-0.4, -0.2) is 4.98 Å². The first-order valence-electron chi connectivity index (χ1n) is 15.4. The van der Waals surface area contributed by atoms with E-state index >= 15 is 0 Å². The monoisotopic (exact) mass is 556 g/mol. The molecule has 0 aliphatic carbocycles. The molecular formula is C41H36N2. The van der Waals surface area contributed by atoms with Crippen LogP contribution in [0.4, 0.5) is 0 Å². The first-order chi connectivity index (χ1) is 21.2. The van der Waals surface area contributed by atoms with E-state index in [1.165, 1.54) is 54.6 Å². The Hall–Kier alpha value is -4.79. The quantitative estimate of drug-likeness (QED) is 0.188. The number of aromatic nitrogens is 1. The van der Waals surface area contributed by atoms with Crippen molar-refractivity contribution in [1.29, 1.82) is 0 Å². The normalized spacial score (nSPS) is 12.2. The van der Waals surface area contributed by atoms with Crippen LogP contribution < -0.4 is 5.32 Å². The van der Waals surface area contributed by atoms with Gasteiger partial charge in [0, 0.05) is 12.1 Å². The average Bonchev–Trinajstić information content (AvgIpc) is 3.07. The van der Waals surface area contributed by atoms with Gasteiger partial charge in [0.2, 0.25) is 0 Å². The van der Waals surface area contributed by atoms with Gasteiger partial charge in [0.25, 0.3) is 0 Å². The molecule has 0 aliphatic heterocycles. The molecule has 0 radical (unpaired) electrons. The fourth-order valence-corrected chi connectivity index (χ4v) is 6.71. The molecule has 0 aliphatic rings. The summed E-state index contributed by atoms with van der Waals surface area (Å²) >= 11 is 0. The van der Waals surface area contributed by atoms with Gasteiger partial charge in [-0.1, -0.05) is 129 Å². The Morgan fingerprint density at radius 2 is 1.12 bits per heavy atom. The smallest absolute Gasteiger partial charge is 0.0766 e. The van der Waals surface area contributed by atoms with E-state index in [0.717, 1.165) is 36.3 Å². The molecule has 0 spiro atoms. The van der Waals surface area contributed by atoms with Crippen molar-refractivity contribution in [1.82, 2.24) is 10.3 Å². The lowest BCUT2D eigenvalue weighted by atomic mass is 9.89. The van der Waals surface area contributed by atoms with Gasteiger partial charge in [0.1, 0.15) is 0 Å². The van der Waals surface area contributed by atoms with Crippen molar-refractivity contribution in [3.8, 4) is 11.3 Å². The zero-order valence-corrected chi connectivity index (χ0v) is 24.8. The number of hydrogen-bond donors (Lipinski definition) is 1. The van der Waals surface area contributed by atoms with Crippen molar-refractivity contribution < 1.29 is 0 Å². The molecular weight excluding hydrogens is 520 g/mol. The highest BCUT2D eigenvalue weighted by Crippen LogP contribution is 2.37. The predicted octanol–water partition coefficient (Wildman–Crippen LogP) is 10.2. The molecule has 0 saturated heterocycles. The molecule has 0 fully saturated rings. The molecule has 1 atom stereocenters. The van der Waals surface area contributed by atoms with Crippen LogP contribution in [0.3, 0.4) is 0 Å². The maximum absolute atomic E-state index is 5.42. The molecule has 1 aromatic heterocycles. The molecule has 1 unspecified atom stereocenters. The van der Waals surface area contributed by atoms with Crippen LogP contribution in [0, 0.1) is 0 Å². The third kappa shape index (κ3) is 5.09. The second kappa shape index (κ2) is 11.8. The molecule has 0 saturated carbocycles. The summed E-state index contributed by atoms with van der Waals surface area (Å²) in [7, 11) is 0. The highest BCUT2D eigenvalue weighted by Gasteiger charge is 2.22. The summed E-state index contributed by atoms with van der Waals surface area (Å²) in [6.07, 6.45) is 2.03. The molecule has 6 aromatic carbocycles. The number of hydrogen-bond acceptors (Lipinski definition) is 2. The summed E-state index contributed by atoms with van der Waals surface area (Å²) in [5.41, 5.74) is 8.69. The van der Waals surface area contributed by atoms with E-state index in [2.05, 4.69) is 153 Å². The van der Waals surface area contributed by atoms with Gasteiger partial charge in [-0.15, -0.1) is 0 Å². The van der Waals surface area contributed by atoms with Crippen molar-refractivity contribution in [2.45, 2.75) is 39.3 Å². The molecule has 210 valence electrons. The Bertz CT molecular complexity index is 1990. The molecule has 0 amide bonds. The Morgan fingerprint density at radius 3 is 1.79 bits per heavy atom. The van der Waals surface area contributed by atoms with Crippen molar-refractivity contribution in [2.75, 3.05) is 0 Å². The van der Waals surface area contributed by atoms with Crippen LogP contribution in [0.1, 0.15) is 47.8 Å². The molecule has 1 heterocycles. The fourth-order valence-electron chi connectivity index (χ4n) is 6.71. The SMILES string of the molecule is CCc1cccc(CC)c1CNC(c1cccc(-c2cccc3ccccc23)n1)c1c2ccccc2cc2ccccc12.